The van der Waals surface area contributed by atoms with Gasteiger partial charge in [0.2, 0.25) is 0 Å². The Kier molecular flexibility index (Phi) is 4.88. The van der Waals surface area contributed by atoms with Crippen molar-refractivity contribution in [2.24, 2.45) is 5.41 Å². The molecule has 2 heteroatoms. The first-order chi connectivity index (χ1) is 9.92. The van der Waals surface area contributed by atoms with Gasteiger partial charge in [0.15, 0.2) is 5.78 Å². The Balaban J connectivity index is 2.16. The van der Waals surface area contributed by atoms with Crippen LogP contribution in [0.3, 0.4) is 0 Å². The first kappa shape index (κ1) is 16.2. The van der Waals surface area contributed by atoms with E-state index < -0.39 is 5.60 Å². The smallest absolute Gasteiger partial charge is 0.194 e. The number of ketones is 1. The van der Waals surface area contributed by atoms with E-state index in [0.29, 0.717) is 5.41 Å². The van der Waals surface area contributed by atoms with Gasteiger partial charge in [0, 0.05) is 12.7 Å². The third kappa shape index (κ3) is 3.55. The molecular formula is C19H28O2. The van der Waals surface area contributed by atoms with Crippen LogP contribution in [0, 0.1) is 5.41 Å². The highest BCUT2D eigenvalue weighted by atomic mass is 16.5. The van der Waals surface area contributed by atoms with Crippen molar-refractivity contribution >= 4 is 5.78 Å². The number of hydrogen-bond acceptors (Lipinski definition) is 2. The zero-order valence-electron chi connectivity index (χ0n) is 13.9. The topological polar surface area (TPSA) is 26.3 Å². The number of methoxy groups -OCH3 is 1. The summed E-state index contributed by atoms with van der Waals surface area (Å²) in [4.78, 5) is 12.9. The second kappa shape index (κ2) is 6.31. The lowest BCUT2D eigenvalue weighted by Gasteiger charge is -2.41. The Morgan fingerprint density at radius 1 is 1.10 bits per heavy atom. The molecule has 0 aliphatic heterocycles. The lowest BCUT2D eigenvalue weighted by molar-refractivity contribution is -0.0383. The highest BCUT2D eigenvalue weighted by Gasteiger charge is 2.44. The Morgan fingerprint density at radius 2 is 1.67 bits per heavy atom. The molecule has 0 amide bonds. The van der Waals surface area contributed by atoms with Gasteiger partial charge in [-0.1, -0.05) is 51.5 Å². The third-order valence-electron chi connectivity index (χ3n) is 4.97. The lowest BCUT2D eigenvalue weighted by Crippen LogP contribution is -2.45. The average Bonchev–Trinajstić information content (AvgIpc) is 2.48. The van der Waals surface area contributed by atoms with Crippen molar-refractivity contribution in [2.75, 3.05) is 7.11 Å². The van der Waals surface area contributed by atoms with Gasteiger partial charge in [0.05, 0.1) is 0 Å². The molecule has 2 rings (SSSR count). The van der Waals surface area contributed by atoms with Crippen molar-refractivity contribution in [3.05, 3.63) is 35.4 Å². The van der Waals surface area contributed by atoms with Crippen molar-refractivity contribution in [3.8, 4) is 0 Å². The number of carbonyl (C=O) groups excluding carboxylic acids is 1. The second-order valence-electron chi connectivity index (χ2n) is 7.14. The van der Waals surface area contributed by atoms with E-state index in [1.165, 1.54) is 5.56 Å². The molecule has 2 nitrogen and oxygen atoms in total. The summed E-state index contributed by atoms with van der Waals surface area (Å²) in [5.74, 6) is 0.156. The summed E-state index contributed by atoms with van der Waals surface area (Å²) < 4.78 is 5.72. The second-order valence-corrected chi connectivity index (χ2v) is 7.14. The fourth-order valence-electron chi connectivity index (χ4n) is 3.23. The van der Waals surface area contributed by atoms with E-state index in [0.717, 1.165) is 44.1 Å². The molecule has 0 saturated heterocycles. The number of benzene rings is 1. The molecule has 0 heterocycles. The maximum atomic E-state index is 12.9. The minimum Gasteiger partial charge on any atom is -0.370 e. The van der Waals surface area contributed by atoms with Gasteiger partial charge >= 0.3 is 0 Å². The van der Waals surface area contributed by atoms with E-state index in [1.54, 1.807) is 7.11 Å². The van der Waals surface area contributed by atoms with Crippen LogP contribution in [0.4, 0.5) is 0 Å². The molecule has 21 heavy (non-hydrogen) atoms. The van der Waals surface area contributed by atoms with Gasteiger partial charge in [-0.25, -0.2) is 0 Å². The van der Waals surface area contributed by atoms with E-state index in [1.807, 2.05) is 12.1 Å². The zero-order chi connectivity index (χ0) is 15.5. The molecule has 0 N–H and O–H groups in total. The van der Waals surface area contributed by atoms with Crippen LogP contribution in [0.2, 0.25) is 0 Å². The number of aryl methyl sites for hydroxylation is 1. The van der Waals surface area contributed by atoms with Crippen LogP contribution in [0.1, 0.15) is 68.8 Å². The van der Waals surface area contributed by atoms with Gasteiger partial charge in [0.25, 0.3) is 0 Å². The molecule has 1 aromatic rings. The number of ether oxygens (including phenoxy) is 1. The van der Waals surface area contributed by atoms with E-state index in [2.05, 4.69) is 32.9 Å². The van der Waals surface area contributed by atoms with Crippen molar-refractivity contribution in [2.45, 2.75) is 64.9 Å². The maximum Gasteiger partial charge on any atom is 0.194 e. The summed E-state index contributed by atoms with van der Waals surface area (Å²) in [5.41, 5.74) is 1.80. The lowest BCUT2D eigenvalue weighted by atomic mass is 9.68. The summed E-state index contributed by atoms with van der Waals surface area (Å²) >= 11 is 0. The number of rotatable bonds is 5. The molecule has 1 aliphatic carbocycles. The minimum absolute atomic E-state index is 0.156. The number of carbonyl (C=O) groups is 1. The molecule has 1 aromatic carbocycles. The molecule has 1 aliphatic rings. The van der Waals surface area contributed by atoms with Crippen LogP contribution < -0.4 is 0 Å². The molecule has 116 valence electrons. The minimum atomic E-state index is -0.609. The molecule has 0 bridgehead atoms. The van der Waals surface area contributed by atoms with Gasteiger partial charge in [-0.3, -0.25) is 4.79 Å². The summed E-state index contributed by atoms with van der Waals surface area (Å²) in [6.45, 7) is 6.72. The van der Waals surface area contributed by atoms with Crippen LogP contribution >= 0.6 is 0 Å². The summed E-state index contributed by atoms with van der Waals surface area (Å²) in [6.07, 6.45) is 5.93. The fourth-order valence-corrected chi connectivity index (χ4v) is 3.23. The van der Waals surface area contributed by atoms with Crippen LogP contribution in [0.15, 0.2) is 24.3 Å². The van der Waals surface area contributed by atoms with Crippen molar-refractivity contribution < 1.29 is 9.53 Å². The predicted octanol–water partition coefficient (Wildman–Crippen LogP) is 4.81. The molecular weight excluding hydrogens is 260 g/mol. The molecule has 0 spiro atoms. The standard InChI is InChI=1S/C19H28O2/c1-5-6-15-7-9-16(10-8-15)17(20)19(21-4)13-11-18(2,3)12-14-19/h7-10H,5-6,11-14H2,1-4H3. The van der Waals surface area contributed by atoms with Gasteiger partial charge in [0.1, 0.15) is 5.60 Å². The van der Waals surface area contributed by atoms with Gasteiger partial charge in [-0.2, -0.15) is 0 Å². The Hall–Kier alpha value is -1.15. The summed E-state index contributed by atoms with van der Waals surface area (Å²) in [6, 6.07) is 8.08. The third-order valence-corrected chi connectivity index (χ3v) is 4.97. The van der Waals surface area contributed by atoms with Crippen LogP contribution in [0.25, 0.3) is 0 Å². The molecule has 1 saturated carbocycles. The van der Waals surface area contributed by atoms with Crippen LogP contribution in [0.5, 0.6) is 0 Å². The fraction of sp³-hybridized carbons (Fsp3) is 0.632. The van der Waals surface area contributed by atoms with Crippen molar-refractivity contribution in [3.63, 3.8) is 0 Å². The largest absolute Gasteiger partial charge is 0.370 e. The van der Waals surface area contributed by atoms with E-state index in [-0.39, 0.29) is 5.78 Å². The Bertz CT molecular complexity index is 475. The molecule has 0 radical (unpaired) electrons. The summed E-state index contributed by atoms with van der Waals surface area (Å²) in [7, 11) is 1.68. The number of hydrogen-bond donors (Lipinski definition) is 0. The predicted molar refractivity (Wildman–Crippen MR) is 86.8 cm³/mol. The zero-order valence-corrected chi connectivity index (χ0v) is 13.9. The first-order valence-electron chi connectivity index (χ1n) is 8.11. The summed E-state index contributed by atoms with van der Waals surface area (Å²) in [5, 5.41) is 0. The average molecular weight is 288 g/mol. The molecule has 1 fully saturated rings. The van der Waals surface area contributed by atoms with Gasteiger partial charge < -0.3 is 4.74 Å². The quantitative estimate of drug-likeness (QED) is 0.727. The van der Waals surface area contributed by atoms with Crippen molar-refractivity contribution in [1.82, 2.24) is 0 Å². The molecule has 0 unspecified atom stereocenters. The van der Waals surface area contributed by atoms with Crippen molar-refractivity contribution in [1.29, 1.82) is 0 Å². The first-order valence-corrected chi connectivity index (χ1v) is 8.11. The monoisotopic (exact) mass is 288 g/mol. The van der Waals surface area contributed by atoms with E-state index in [4.69, 9.17) is 4.74 Å². The molecule has 0 atom stereocenters. The highest BCUT2D eigenvalue weighted by Crippen LogP contribution is 2.43. The van der Waals surface area contributed by atoms with Gasteiger partial charge in [-0.05, 0) is 43.1 Å². The normalized spacial score (nSPS) is 20.2. The van der Waals surface area contributed by atoms with Crippen LogP contribution in [-0.4, -0.2) is 18.5 Å². The number of Topliss-reactive ketones (excluding diaryl/α,β-unsaturated/α-hetero) is 1. The SMILES string of the molecule is CCCc1ccc(C(=O)C2(OC)CCC(C)(C)CC2)cc1. The van der Waals surface area contributed by atoms with Crippen LogP contribution in [-0.2, 0) is 11.2 Å². The Labute approximate surface area is 128 Å². The van der Waals surface area contributed by atoms with E-state index >= 15 is 0 Å². The maximum absolute atomic E-state index is 12.9. The molecule has 0 aromatic heterocycles. The van der Waals surface area contributed by atoms with E-state index in [9.17, 15) is 4.79 Å². The van der Waals surface area contributed by atoms with Gasteiger partial charge in [-0.15, -0.1) is 0 Å². The highest BCUT2D eigenvalue weighted by molar-refractivity contribution is 6.02. The Morgan fingerprint density at radius 3 is 2.14 bits per heavy atom.